The number of esters is 1. The average Bonchev–Trinajstić information content (AvgIpc) is 2.71. The van der Waals surface area contributed by atoms with Crippen molar-refractivity contribution in [3.63, 3.8) is 0 Å². The molecule has 148 valence electrons. The molecule has 0 spiro atoms. The summed E-state index contributed by atoms with van der Waals surface area (Å²) in [7, 11) is 1.58. The molecule has 0 radical (unpaired) electrons. The zero-order valence-corrected chi connectivity index (χ0v) is 16.2. The highest BCUT2D eigenvalue weighted by molar-refractivity contribution is 5.90. The fourth-order valence-electron chi connectivity index (χ4n) is 2.89. The summed E-state index contributed by atoms with van der Waals surface area (Å²) in [5.41, 5.74) is 2.09. The summed E-state index contributed by atoms with van der Waals surface area (Å²) in [5.74, 6) is -1.38. The molecule has 3 rings (SSSR count). The minimum atomic E-state index is -0.963. The quantitative estimate of drug-likeness (QED) is 0.470. The molecule has 0 aliphatic heterocycles. The Morgan fingerprint density at radius 1 is 1.14 bits per heavy atom. The van der Waals surface area contributed by atoms with Crippen molar-refractivity contribution in [2.75, 3.05) is 7.05 Å². The first-order valence-electron chi connectivity index (χ1n) is 9.16. The Morgan fingerprint density at radius 3 is 2.72 bits per heavy atom. The molecular weight excluding hydrogens is 371 g/mol. The lowest BCUT2D eigenvalue weighted by Gasteiger charge is -2.21. The highest BCUT2D eigenvalue weighted by Crippen LogP contribution is 2.13. The van der Waals surface area contributed by atoms with Gasteiger partial charge >= 0.3 is 5.97 Å². The van der Waals surface area contributed by atoms with Gasteiger partial charge in [0.1, 0.15) is 5.82 Å². The Balaban J connectivity index is 1.57. The van der Waals surface area contributed by atoms with Crippen LogP contribution in [-0.4, -0.2) is 34.9 Å². The summed E-state index contributed by atoms with van der Waals surface area (Å²) < 4.78 is 18.5. The van der Waals surface area contributed by atoms with Crippen LogP contribution in [0, 0.1) is 5.82 Å². The van der Waals surface area contributed by atoms with E-state index >= 15 is 0 Å². The second-order valence-electron chi connectivity index (χ2n) is 6.67. The molecule has 1 unspecified atom stereocenters. The number of carbonyl (C=O) groups is 2. The smallest absolute Gasteiger partial charge is 0.331 e. The predicted molar refractivity (Wildman–Crippen MR) is 109 cm³/mol. The first-order valence-corrected chi connectivity index (χ1v) is 9.16. The van der Waals surface area contributed by atoms with Crippen LogP contribution in [0.3, 0.4) is 0 Å². The van der Waals surface area contributed by atoms with Crippen LogP contribution in [0.1, 0.15) is 18.2 Å². The molecule has 5 nitrogen and oxygen atoms in total. The lowest BCUT2D eigenvalue weighted by atomic mass is 10.2. The van der Waals surface area contributed by atoms with Gasteiger partial charge in [-0.3, -0.25) is 4.79 Å². The molecule has 6 heteroatoms. The summed E-state index contributed by atoms with van der Waals surface area (Å²) in [6.45, 7) is 1.72. The molecule has 29 heavy (non-hydrogen) atoms. The van der Waals surface area contributed by atoms with Crippen molar-refractivity contribution in [2.24, 2.45) is 0 Å². The highest BCUT2D eigenvalue weighted by Gasteiger charge is 2.20. The van der Waals surface area contributed by atoms with E-state index in [1.165, 1.54) is 30.0 Å². The van der Waals surface area contributed by atoms with Gasteiger partial charge in [-0.15, -0.1) is 0 Å². The molecule has 0 aliphatic rings. The third-order valence-corrected chi connectivity index (χ3v) is 4.34. The van der Waals surface area contributed by atoms with Gasteiger partial charge in [0.25, 0.3) is 5.91 Å². The fourth-order valence-corrected chi connectivity index (χ4v) is 2.89. The number of ether oxygens (including phenoxy) is 1. The minimum absolute atomic E-state index is 0.218. The fraction of sp³-hybridized carbons (Fsp3) is 0.174. The van der Waals surface area contributed by atoms with Crippen LogP contribution < -0.4 is 0 Å². The maximum absolute atomic E-state index is 13.3. The third kappa shape index (κ3) is 5.48. The molecule has 0 N–H and O–H groups in total. The van der Waals surface area contributed by atoms with Crippen LogP contribution in [0.4, 0.5) is 4.39 Å². The molecule has 0 fully saturated rings. The summed E-state index contributed by atoms with van der Waals surface area (Å²) in [6, 6.07) is 17.4. The maximum atomic E-state index is 13.3. The van der Waals surface area contributed by atoms with E-state index in [2.05, 4.69) is 4.98 Å². The maximum Gasteiger partial charge on any atom is 0.331 e. The number of amides is 1. The van der Waals surface area contributed by atoms with Gasteiger partial charge < -0.3 is 9.64 Å². The Morgan fingerprint density at radius 2 is 1.93 bits per heavy atom. The first-order chi connectivity index (χ1) is 13.9. The van der Waals surface area contributed by atoms with Crippen LogP contribution in [-0.2, 0) is 20.9 Å². The normalized spacial score (nSPS) is 12.1. The Hall–Kier alpha value is -3.54. The SMILES string of the molecule is CC(OC(=O)/C=C/c1ccc2ccccc2n1)C(=O)N(C)Cc1cccc(F)c1. The molecular formula is C23H21FN2O3. The van der Waals surface area contributed by atoms with Gasteiger partial charge in [0.05, 0.1) is 11.2 Å². The van der Waals surface area contributed by atoms with Crippen molar-refractivity contribution in [2.45, 2.75) is 19.6 Å². The first kappa shape index (κ1) is 20.2. The predicted octanol–water partition coefficient (Wildman–Crippen LogP) is 3.98. The van der Waals surface area contributed by atoms with Crippen molar-refractivity contribution >= 4 is 28.9 Å². The van der Waals surface area contributed by atoms with Crippen LogP contribution in [0.5, 0.6) is 0 Å². The molecule has 1 atom stereocenters. The van der Waals surface area contributed by atoms with Crippen LogP contribution in [0.25, 0.3) is 17.0 Å². The molecule has 3 aromatic rings. The topological polar surface area (TPSA) is 59.5 Å². The van der Waals surface area contributed by atoms with E-state index in [0.717, 1.165) is 10.9 Å². The number of fused-ring (bicyclic) bond motifs is 1. The van der Waals surface area contributed by atoms with Crippen LogP contribution >= 0.6 is 0 Å². The number of likely N-dealkylation sites (N-methyl/N-ethyl adjacent to an activating group) is 1. The van der Waals surface area contributed by atoms with E-state index < -0.39 is 12.1 Å². The largest absolute Gasteiger partial charge is 0.449 e. The number of rotatable bonds is 6. The summed E-state index contributed by atoms with van der Waals surface area (Å²) in [6.07, 6.45) is 1.82. The highest BCUT2D eigenvalue weighted by atomic mass is 19.1. The third-order valence-electron chi connectivity index (χ3n) is 4.34. The van der Waals surface area contributed by atoms with Crippen LogP contribution in [0.2, 0.25) is 0 Å². The second-order valence-corrected chi connectivity index (χ2v) is 6.67. The van der Waals surface area contributed by atoms with Gasteiger partial charge in [0, 0.05) is 25.1 Å². The summed E-state index contributed by atoms with van der Waals surface area (Å²) >= 11 is 0. The van der Waals surface area contributed by atoms with E-state index in [1.54, 1.807) is 31.3 Å². The molecule has 1 aromatic heterocycles. The number of aromatic nitrogens is 1. The van der Waals surface area contributed by atoms with E-state index in [0.29, 0.717) is 11.3 Å². The van der Waals surface area contributed by atoms with Crippen molar-refractivity contribution in [3.8, 4) is 0 Å². The van der Waals surface area contributed by atoms with E-state index in [1.807, 2.05) is 30.3 Å². The molecule has 2 aromatic carbocycles. The number of benzene rings is 2. The number of nitrogens with zero attached hydrogens (tertiary/aromatic N) is 2. The lowest BCUT2D eigenvalue weighted by molar-refractivity contribution is -0.154. The molecule has 1 heterocycles. The Bertz CT molecular complexity index is 1060. The van der Waals surface area contributed by atoms with E-state index in [4.69, 9.17) is 4.74 Å². The molecule has 1 amide bonds. The van der Waals surface area contributed by atoms with Crippen molar-refractivity contribution in [1.29, 1.82) is 0 Å². The monoisotopic (exact) mass is 392 g/mol. The van der Waals surface area contributed by atoms with Crippen molar-refractivity contribution in [1.82, 2.24) is 9.88 Å². The van der Waals surface area contributed by atoms with Gasteiger partial charge in [-0.2, -0.15) is 0 Å². The lowest BCUT2D eigenvalue weighted by Crippen LogP contribution is -2.36. The van der Waals surface area contributed by atoms with Crippen molar-refractivity contribution < 1.29 is 18.7 Å². The minimum Gasteiger partial charge on any atom is -0.449 e. The Labute approximate surface area is 168 Å². The standard InChI is InChI=1S/C23H21FN2O3/c1-16(23(28)26(2)15-17-6-5-8-19(24)14-17)29-22(27)13-12-20-11-10-18-7-3-4-9-21(18)25-20/h3-14,16H,15H2,1-2H3/b13-12+. The Kier molecular flexibility index (Phi) is 6.34. The van der Waals surface area contributed by atoms with Gasteiger partial charge in [0.15, 0.2) is 6.10 Å². The van der Waals surface area contributed by atoms with Crippen molar-refractivity contribution in [3.05, 3.63) is 83.8 Å². The number of pyridine rings is 1. The second kappa shape index (κ2) is 9.10. The van der Waals surface area contributed by atoms with Gasteiger partial charge in [-0.1, -0.05) is 36.4 Å². The van der Waals surface area contributed by atoms with Gasteiger partial charge in [-0.05, 0) is 42.8 Å². The number of hydrogen-bond acceptors (Lipinski definition) is 4. The summed E-state index contributed by atoms with van der Waals surface area (Å²) in [5, 5.41) is 1.01. The zero-order chi connectivity index (χ0) is 20.8. The average molecular weight is 392 g/mol. The van der Waals surface area contributed by atoms with E-state index in [9.17, 15) is 14.0 Å². The number of carbonyl (C=O) groups excluding carboxylic acids is 2. The summed E-state index contributed by atoms with van der Waals surface area (Å²) in [4.78, 5) is 30.3. The molecule has 0 saturated heterocycles. The van der Waals surface area contributed by atoms with Gasteiger partial charge in [-0.25, -0.2) is 14.2 Å². The zero-order valence-electron chi connectivity index (χ0n) is 16.2. The van der Waals surface area contributed by atoms with E-state index in [-0.39, 0.29) is 18.3 Å². The van der Waals surface area contributed by atoms with Gasteiger partial charge in [0.2, 0.25) is 0 Å². The number of halogens is 1. The number of hydrogen-bond donors (Lipinski definition) is 0. The molecule has 0 bridgehead atoms. The van der Waals surface area contributed by atoms with Crippen LogP contribution in [0.15, 0.2) is 66.7 Å². The number of para-hydroxylation sites is 1. The molecule has 0 aliphatic carbocycles. The molecule has 0 saturated carbocycles.